The van der Waals surface area contributed by atoms with E-state index in [4.69, 9.17) is 15.2 Å². The number of benzene rings is 5. The molecule has 0 fully saturated rings. The van der Waals surface area contributed by atoms with Crippen molar-refractivity contribution >= 4 is 60.4 Å². The molecule has 7 aromatic rings. The molecule has 0 aliphatic carbocycles. The molecule has 0 radical (unpaired) electrons. The summed E-state index contributed by atoms with van der Waals surface area (Å²) in [5.41, 5.74) is 6.02. The minimum Gasteiger partial charge on any atom is -0.508 e. The second-order valence-corrected chi connectivity index (χ2v) is 13.2. The van der Waals surface area contributed by atoms with E-state index in [1.165, 1.54) is 42.0 Å². The fraction of sp³-hybridized carbons (Fsp3) is 0.128. The molecule has 4 N–H and O–H groups in total. The first-order valence-corrected chi connectivity index (χ1v) is 18.1. The van der Waals surface area contributed by atoms with Crippen molar-refractivity contribution in [3.05, 3.63) is 172 Å². The lowest BCUT2D eigenvalue weighted by Crippen LogP contribution is -2.29. The van der Waals surface area contributed by atoms with E-state index in [0.717, 1.165) is 37.5 Å². The molecular weight excluding hydrogens is 867 g/mol. The number of alkyl halides is 1. The first kappa shape index (κ1) is 44.6. The van der Waals surface area contributed by atoms with Gasteiger partial charge in [-0.1, -0.05) is 129 Å². The summed E-state index contributed by atoms with van der Waals surface area (Å²) in [6.45, 7) is 1.45. The largest absolute Gasteiger partial charge is 0.508 e. The van der Waals surface area contributed by atoms with Crippen molar-refractivity contribution in [3.8, 4) is 22.6 Å². The van der Waals surface area contributed by atoms with Gasteiger partial charge in [-0.05, 0) is 87.9 Å². The molecule has 14 heteroatoms. The van der Waals surface area contributed by atoms with Gasteiger partial charge in [-0.3, -0.25) is 0 Å². The highest BCUT2D eigenvalue weighted by Gasteiger charge is 2.09. The van der Waals surface area contributed by atoms with Crippen molar-refractivity contribution in [1.29, 1.82) is 0 Å². The fourth-order valence-corrected chi connectivity index (χ4v) is 5.72. The van der Waals surface area contributed by atoms with Crippen molar-refractivity contribution in [2.75, 3.05) is 0 Å². The van der Waals surface area contributed by atoms with Crippen LogP contribution in [0.25, 0.3) is 11.1 Å². The van der Waals surface area contributed by atoms with Gasteiger partial charge in [-0.2, -0.15) is 10.2 Å². The van der Waals surface area contributed by atoms with Gasteiger partial charge in [0.1, 0.15) is 36.8 Å². The van der Waals surface area contributed by atoms with Crippen LogP contribution in [0.5, 0.6) is 11.5 Å². The zero-order valence-electron chi connectivity index (χ0n) is 27.2. The lowest BCUT2D eigenvalue weighted by Gasteiger charge is -2.06. The number of phenols is 2. The topological polar surface area (TPSA) is 142 Å². The number of aromatic nitrogens is 6. The maximum atomic E-state index is 9.53. The van der Waals surface area contributed by atoms with Crippen LogP contribution in [0.3, 0.4) is 0 Å². The summed E-state index contributed by atoms with van der Waals surface area (Å²) in [5, 5.41) is 44.6. The third-order valence-corrected chi connectivity index (χ3v) is 8.46. The summed E-state index contributed by atoms with van der Waals surface area (Å²) in [6.07, 6.45) is 6.47. The van der Waals surface area contributed by atoms with Crippen molar-refractivity contribution in [3.63, 3.8) is 0 Å². The van der Waals surface area contributed by atoms with Crippen LogP contribution in [-0.4, -0.2) is 56.9 Å². The molecule has 2 aromatic heterocycles. The highest BCUT2D eigenvalue weighted by Crippen LogP contribution is 2.24. The van der Waals surface area contributed by atoms with E-state index >= 15 is 0 Å². The van der Waals surface area contributed by atoms with E-state index in [-0.39, 0.29) is 26.4 Å². The number of aromatic hydroxyl groups is 2. The zero-order chi connectivity index (χ0) is 36.4. The summed E-state index contributed by atoms with van der Waals surface area (Å²) in [6, 6.07) is 37.6. The molecule has 2 heterocycles. The smallest absolute Gasteiger partial charge is 0.488 e. The van der Waals surface area contributed by atoms with Gasteiger partial charge in [-0.15, -0.1) is 0 Å². The van der Waals surface area contributed by atoms with Crippen LogP contribution in [0.2, 0.25) is 0 Å². The fourth-order valence-electron chi connectivity index (χ4n) is 4.48. The molecular formula is C39H42BBr3N6O4. The Morgan fingerprint density at radius 2 is 1.00 bits per heavy atom. The number of hydrogen-bond donors (Lipinski definition) is 4. The summed E-state index contributed by atoms with van der Waals surface area (Å²) < 4.78 is 5.80. The average Bonchev–Trinajstić information content (AvgIpc) is 3.84. The number of rotatable bonds is 7. The van der Waals surface area contributed by atoms with Crippen LogP contribution in [-0.2, 0) is 18.4 Å². The summed E-state index contributed by atoms with van der Waals surface area (Å²) in [5.74, 6) is 0.310. The lowest BCUT2D eigenvalue weighted by atomic mass is 9.80. The van der Waals surface area contributed by atoms with E-state index in [1.807, 2.05) is 54.6 Å². The Hall–Kier alpha value is -4.60. The Morgan fingerprint density at radius 1 is 0.547 bits per heavy atom. The molecule has 10 nitrogen and oxygen atoms in total. The molecule has 0 aliphatic rings. The molecule has 5 aromatic carbocycles. The minimum atomic E-state index is -1.51. The van der Waals surface area contributed by atoms with Gasteiger partial charge in [0, 0.05) is 14.3 Å². The summed E-state index contributed by atoms with van der Waals surface area (Å²) in [7, 11) is -1.51. The second kappa shape index (κ2) is 23.9. The molecule has 7 rings (SSSR count). The van der Waals surface area contributed by atoms with E-state index in [1.54, 1.807) is 40.2 Å². The van der Waals surface area contributed by atoms with E-state index in [9.17, 15) is 5.11 Å². The SMILES string of the molecule is BrCc1cccc(Br)c1.Brc1cccc(Cn2cncn2)c1.C.C.OB(O)c1cccc(O)c1.Oc1cccc(-c2cccc(Cn3cncn3)c2)c1. The van der Waals surface area contributed by atoms with Crippen molar-refractivity contribution in [1.82, 2.24) is 29.5 Å². The monoisotopic (exact) mass is 906 g/mol. The first-order valence-electron chi connectivity index (χ1n) is 15.4. The normalized spacial score (nSPS) is 9.68. The van der Waals surface area contributed by atoms with Gasteiger partial charge in [0.25, 0.3) is 0 Å². The molecule has 0 amide bonds. The Morgan fingerprint density at radius 3 is 1.43 bits per heavy atom. The standard InChI is InChI=1S/C15H13N3O.C9H8BrN3.C7H6Br2.C6H7BO3.2CH4/c19-15-6-2-5-14(8-15)13-4-1-3-12(7-13)9-18-11-16-10-17-18;10-9-3-1-2-8(4-9)5-13-7-11-6-12-13;8-5-6-2-1-3-7(9)4-6;8-6-3-1-2-5(4-6)7(9)10;;/h1-8,10-11,19H,9H2;1-4,6-7H,5H2;1-4H,5H2;1-4,8-10H;2*1H4. The Kier molecular flexibility index (Phi) is 20.1. The van der Waals surface area contributed by atoms with Crippen molar-refractivity contribution in [2.45, 2.75) is 33.3 Å². The van der Waals surface area contributed by atoms with Crippen LogP contribution in [0.4, 0.5) is 0 Å². The first-order chi connectivity index (χ1) is 24.7. The molecule has 0 atom stereocenters. The highest BCUT2D eigenvalue weighted by molar-refractivity contribution is 9.10. The van der Waals surface area contributed by atoms with Gasteiger partial charge in [0.05, 0.1) is 13.1 Å². The van der Waals surface area contributed by atoms with Gasteiger partial charge in [0.15, 0.2) is 0 Å². The predicted octanol–water partition coefficient (Wildman–Crippen LogP) is 8.48. The molecule has 0 saturated heterocycles. The maximum Gasteiger partial charge on any atom is 0.488 e. The van der Waals surface area contributed by atoms with Crippen LogP contribution < -0.4 is 5.46 Å². The lowest BCUT2D eigenvalue weighted by molar-refractivity contribution is 0.424. The van der Waals surface area contributed by atoms with Crippen LogP contribution in [0, 0.1) is 0 Å². The maximum absolute atomic E-state index is 9.53. The molecule has 0 spiro atoms. The molecule has 0 saturated carbocycles. The van der Waals surface area contributed by atoms with E-state index < -0.39 is 7.12 Å². The number of hydrogen-bond acceptors (Lipinski definition) is 8. The number of phenolic OH excluding ortho intramolecular Hbond substituents is 2. The molecule has 53 heavy (non-hydrogen) atoms. The quantitative estimate of drug-likeness (QED) is 0.0923. The zero-order valence-corrected chi connectivity index (χ0v) is 31.9. The van der Waals surface area contributed by atoms with Crippen molar-refractivity contribution in [2.24, 2.45) is 0 Å². The van der Waals surface area contributed by atoms with Crippen LogP contribution in [0.15, 0.2) is 156 Å². The van der Waals surface area contributed by atoms with Gasteiger partial charge in [-0.25, -0.2) is 19.3 Å². The number of halogens is 3. The second-order valence-electron chi connectivity index (χ2n) is 10.8. The Labute approximate surface area is 336 Å². The highest BCUT2D eigenvalue weighted by atomic mass is 79.9. The van der Waals surface area contributed by atoms with Gasteiger partial charge >= 0.3 is 7.12 Å². The predicted molar refractivity (Wildman–Crippen MR) is 224 cm³/mol. The summed E-state index contributed by atoms with van der Waals surface area (Å²) in [4.78, 5) is 7.81. The summed E-state index contributed by atoms with van der Waals surface area (Å²) >= 11 is 10.2. The molecule has 276 valence electrons. The van der Waals surface area contributed by atoms with E-state index in [0.29, 0.717) is 12.0 Å². The Bertz CT molecular complexity index is 2050. The third kappa shape index (κ3) is 16.3. The number of nitrogens with zero attached hydrogens (tertiary/aromatic N) is 6. The Balaban J connectivity index is 0.000000253. The minimum absolute atomic E-state index is 0. The average molecular weight is 909 g/mol. The molecule has 0 unspecified atom stereocenters. The van der Waals surface area contributed by atoms with Crippen molar-refractivity contribution < 1.29 is 20.3 Å². The van der Waals surface area contributed by atoms with E-state index in [2.05, 4.69) is 98.3 Å². The van der Waals surface area contributed by atoms with Gasteiger partial charge in [0.2, 0.25) is 0 Å². The van der Waals surface area contributed by atoms with Crippen LogP contribution in [0.1, 0.15) is 31.5 Å². The van der Waals surface area contributed by atoms with Crippen LogP contribution >= 0.6 is 47.8 Å². The van der Waals surface area contributed by atoms with Gasteiger partial charge < -0.3 is 20.3 Å². The molecule has 0 bridgehead atoms. The molecule has 0 aliphatic heterocycles. The third-order valence-electron chi connectivity index (χ3n) is 6.83.